The number of halogens is 1. The number of hydrogen-bond donors (Lipinski definition) is 1. The zero-order valence-electron chi connectivity index (χ0n) is 16.4. The third-order valence-electron chi connectivity index (χ3n) is 7.19. The van der Waals surface area contributed by atoms with E-state index < -0.39 is 0 Å². The predicted molar refractivity (Wildman–Crippen MR) is 106 cm³/mol. The number of benzene rings is 1. The van der Waals surface area contributed by atoms with Crippen molar-refractivity contribution >= 4 is 11.7 Å². The van der Waals surface area contributed by atoms with E-state index in [0.29, 0.717) is 18.0 Å². The molecule has 2 aromatic rings. The lowest BCUT2D eigenvalue weighted by atomic mass is 9.55. The van der Waals surface area contributed by atoms with Gasteiger partial charge in [0.15, 0.2) is 0 Å². The summed E-state index contributed by atoms with van der Waals surface area (Å²) in [6.07, 6.45) is 10.7. The first-order chi connectivity index (χ1) is 14.1. The molecule has 0 bridgehead atoms. The number of hydrogen-bond acceptors (Lipinski definition) is 6. The molecule has 2 aliphatic heterocycles. The molecule has 6 nitrogen and oxygen atoms in total. The van der Waals surface area contributed by atoms with Gasteiger partial charge in [-0.25, -0.2) is 9.37 Å². The van der Waals surface area contributed by atoms with Crippen LogP contribution in [0.4, 0.5) is 16.1 Å². The van der Waals surface area contributed by atoms with Gasteiger partial charge in [-0.05, 0) is 43.2 Å². The van der Waals surface area contributed by atoms with E-state index in [9.17, 15) is 4.39 Å². The zero-order chi connectivity index (χ0) is 19.5. The summed E-state index contributed by atoms with van der Waals surface area (Å²) in [5.74, 6) is 0.498. The van der Waals surface area contributed by atoms with Gasteiger partial charge in [0.2, 0.25) is 0 Å². The Morgan fingerprint density at radius 3 is 2.79 bits per heavy atom. The van der Waals surface area contributed by atoms with E-state index in [1.165, 1.54) is 31.4 Å². The maximum absolute atomic E-state index is 13.9. The van der Waals surface area contributed by atoms with Crippen molar-refractivity contribution in [1.82, 2.24) is 4.98 Å². The summed E-state index contributed by atoms with van der Waals surface area (Å²) in [6.45, 7) is 2.13. The number of rotatable bonds is 5. The van der Waals surface area contributed by atoms with E-state index in [0.717, 1.165) is 43.8 Å². The minimum atomic E-state index is -0.253. The first kappa shape index (κ1) is 17.6. The molecule has 1 N–H and O–H groups in total. The van der Waals surface area contributed by atoms with Crippen molar-refractivity contribution < 1.29 is 18.3 Å². The normalized spacial score (nSPS) is 26.8. The van der Waals surface area contributed by atoms with Crippen LogP contribution >= 0.6 is 0 Å². The molecular weight excluding hydrogens is 373 g/mol. The van der Waals surface area contributed by atoms with Crippen LogP contribution in [0.25, 0.3) is 0 Å². The largest absolute Gasteiger partial charge is 0.488 e. The molecule has 2 aliphatic carbocycles. The van der Waals surface area contributed by atoms with Gasteiger partial charge in [0.1, 0.15) is 23.4 Å². The number of oxazole rings is 1. The molecule has 3 heterocycles. The molecule has 1 aromatic heterocycles. The molecule has 2 saturated heterocycles. The highest BCUT2D eigenvalue weighted by Crippen LogP contribution is 2.57. The Morgan fingerprint density at radius 1 is 1.21 bits per heavy atom. The molecule has 2 saturated carbocycles. The van der Waals surface area contributed by atoms with Crippen LogP contribution in [-0.4, -0.2) is 42.4 Å². The van der Waals surface area contributed by atoms with Crippen LogP contribution in [0, 0.1) is 11.2 Å². The summed E-state index contributed by atoms with van der Waals surface area (Å²) in [5, 5.41) is 3.48. The fraction of sp³-hybridized carbons (Fsp3) is 0.591. The molecule has 1 aromatic carbocycles. The van der Waals surface area contributed by atoms with Gasteiger partial charge in [-0.3, -0.25) is 0 Å². The number of anilines is 2. The number of ether oxygens (including phenoxy) is 2. The average Bonchev–Trinajstić information content (AvgIpc) is 3.26. The van der Waals surface area contributed by atoms with Crippen LogP contribution < -0.4 is 15.0 Å². The Morgan fingerprint density at radius 2 is 2.07 bits per heavy atom. The van der Waals surface area contributed by atoms with Crippen molar-refractivity contribution in [2.24, 2.45) is 5.41 Å². The summed E-state index contributed by atoms with van der Waals surface area (Å²) in [5.41, 5.74) is 1.11. The molecular formula is C22H26FN3O3. The average molecular weight is 399 g/mol. The Balaban J connectivity index is 1.09. The quantitative estimate of drug-likeness (QED) is 0.821. The van der Waals surface area contributed by atoms with Crippen molar-refractivity contribution in [3.63, 3.8) is 0 Å². The molecule has 6 rings (SSSR count). The second-order valence-electron chi connectivity index (χ2n) is 9.35. The van der Waals surface area contributed by atoms with Crippen LogP contribution in [0.5, 0.6) is 5.75 Å². The number of aromatic nitrogens is 1. The molecule has 2 spiro atoms. The van der Waals surface area contributed by atoms with Crippen LogP contribution in [0.3, 0.4) is 0 Å². The van der Waals surface area contributed by atoms with Gasteiger partial charge in [0, 0.05) is 12.5 Å². The highest BCUT2D eigenvalue weighted by molar-refractivity contribution is 5.57. The number of nitrogens with one attached hydrogen (secondary N) is 1. The van der Waals surface area contributed by atoms with E-state index in [4.69, 9.17) is 13.9 Å². The van der Waals surface area contributed by atoms with Gasteiger partial charge < -0.3 is 24.1 Å². The van der Waals surface area contributed by atoms with E-state index in [-0.39, 0.29) is 23.6 Å². The molecule has 0 radical (unpaired) electrons. The first-order valence-corrected chi connectivity index (χ1v) is 10.6. The monoisotopic (exact) mass is 399 g/mol. The lowest BCUT2D eigenvalue weighted by molar-refractivity contribution is -0.0679. The first-order valence-electron chi connectivity index (χ1n) is 10.6. The molecule has 29 heavy (non-hydrogen) atoms. The predicted octanol–water partition coefficient (Wildman–Crippen LogP) is 3.99. The van der Waals surface area contributed by atoms with Gasteiger partial charge in [-0.2, -0.15) is 0 Å². The minimum Gasteiger partial charge on any atom is -0.488 e. The van der Waals surface area contributed by atoms with E-state index in [2.05, 4.69) is 15.2 Å². The molecule has 7 heteroatoms. The lowest BCUT2D eigenvalue weighted by Gasteiger charge is -2.53. The molecule has 154 valence electrons. The summed E-state index contributed by atoms with van der Waals surface area (Å²) in [4.78, 5) is 6.27. The van der Waals surface area contributed by atoms with Crippen LogP contribution in [0.15, 0.2) is 35.1 Å². The summed E-state index contributed by atoms with van der Waals surface area (Å²) >= 11 is 0. The maximum Gasteiger partial charge on any atom is 0.297 e. The second kappa shape index (κ2) is 6.36. The van der Waals surface area contributed by atoms with Crippen LogP contribution in [-0.2, 0) is 4.74 Å². The summed E-state index contributed by atoms with van der Waals surface area (Å²) < 4.78 is 31.6. The molecule has 0 unspecified atom stereocenters. The molecule has 1 atom stereocenters. The van der Waals surface area contributed by atoms with Crippen LogP contribution in [0.1, 0.15) is 38.5 Å². The lowest BCUT2D eigenvalue weighted by Crippen LogP contribution is -2.62. The summed E-state index contributed by atoms with van der Waals surface area (Å²) in [7, 11) is 0. The van der Waals surface area contributed by atoms with E-state index >= 15 is 0 Å². The standard InChI is InChI=1S/C22H26FN3O3/c23-15-2-3-19(29-17-10-21(11-17)4-1-5-21)18(8-15)25-16-9-22(28-12-16)13-26(14-22)20-24-6-7-27-20/h2-3,6-8,16-17,25H,1,4-5,9-14H2/t16-/m0/s1. The SMILES string of the molecule is Fc1ccc(OC2CC3(CCC3)C2)c(N[C@@H]2COC3(C2)CN(c2ncco2)C3)c1. The molecule has 4 aliphatic rings. The Kier molecular flexibility index (Phi) is 3.85. The van der Waals surface area contributed by atoms with E-state index in [1.54, 1.807) is 18.5 Å². The Bertz CT molecular complexity index is 885. The highest BCUT2D eigenvalue weighted by Gasteiger charge is 2.51. The topological polar surface area (TPSA) is 59.8 Å². The van der Waals surface area contributed by atoms with Crippen molar-refractivity contribution in [3.05, 3.63) is 36.5 Å². The molecule has 0 amide bonds. The van der Waals surface area contributed by atoms with E-state index in [1.807, 2.05) is 0 Å². The minimum absolute atomic E-state index is 0.130. The third-order valence-corrected chi connectivity index (χ3v) is 7.19. The Hall–Kier alpha value is -2.28. The maximum atomic E-state index is 13.9. The fourth-order valence-electron chi connectivity index (χ4n) is 5.51. The fourth-order valence-corrected chi connectivity index (χ4v) is 5.51. The van der Waals surface area contributed by atoms with Crippen LogP contribution in [0.2, 0.25) is 0 Å². The van der Waals surface area contributed by atoms with Gasteiger partial charge >= 0.3 is 0 Å². The highest BCUT2D eigenvalue weighted by atomic mass is 19.1. The Labute approximate surface area is 169 Å². The second-order valence-corrected chi connectivity index (χ2v) is 9.35. The van der Waals surface area contributed by atoms with Crippen molar-refractivity contribution in [1.29, 1.82) is 0 Å². The van der Waals surface area contributed by atoms with Crippen molar-refractivity contribution in [2.75, 3.05) is 29.9 Å². The zero-order valence-corrected chi connectivity index (χ0v) is 16.4. The summed E-state index contributed by atoms with van der Waals surface area (Å²) in [6, 6.07) is 5.54. The molecule has 4 fully saturated rings. The van der Waals surface area contributed by atoms with Gasteiger partial charge in [0.05, 0.1) is 43.7 Å². The van der Waals surface area contributed by atoms with Gasteiger partial charge in [0.25, 0.3) is 6.01 Å². The smallest absolute Gasteiger partial charge is 0.297 e. The van der Waals surface area contributed by atoms with Gasteiger partial charge in [-0.1, -0.05) is 6.42 Å². The van der Waals surface area contributed by atoms with Gasteiger partial charge in [-0.15, -0.1) is 0 Å². The van der Waals surface area contributed by atoms with Crippen molar-refractivity contribution in [2.45, 2.75) is 56.3 Å². The van der Waals surface area contributed by atoms with Crippen molar-refractivity contribution in [3.8, 4) is 5.75 Å². The third kappa shape index (κ3) is 3.06. The number of nitrogens with zero attached hydrogens (tertiary/aromatic N) is 2.